The molecule has 4 nitrogen and oxygen atoms in total. The zero-order chi connectivity index (χ0) is 15.5. The van der Waals surface area contributed by atoms with E-state index in [4.69, 9.17) is 9.26 Å². The highest BCUT2D eigenvalue weighted by Gasteiger charge is 2.12. The standard InChI is InChI=1S/C16H21FN2O2/c1-11-7-14(21-19-11)10-20-15-6-5-13(17)8-12(15)9-18-16(2,3)4/h5-8,18H,9-10H2,1-4H3. The number of nitrogens with one attached hydrogen (secondary N) is 1. The van der Waals surface area contributed by atoms with Gasteiger partial charge in [-0.3, -0.25) is 0 Å². The lowest BCUT2D eigenvalue weighted by molar-refractivity contribution is 0.245. The van der Waals surface area contributed by atoms with Crippen LogP contribution in [0.1, 0.15) is 37.8 Å². The minimum absolute atomic E-state index is 0.0500. The molecule has 0 aliphatic rings. The normalized spacial score (nSPS) is 11.7. The zero-order valence-corrected chi connectivity index (χ0v) is 12.9. The van der Waals surface area contributed by atoms with Gasteiger partial charge in [0.25, 0.3) is 0 Å². The van der Waals surface area contributed by atoms with Gasteiger partial charge in [0.15, 0.2) is 5.76 Å². The summed E-state index contributed by atoms with van der Waals surface area (Å²) in [5.41, 5.74) is 1.54. The Bertz CT molecular complexity index is 603. The average Bonchev–Trinajstić information content (AvgIpc) is 2.80. The van der Waals surface area contributed by atoms with Gasteiger partial charge in [0.05, 0.1) is 5.69 Å². The summed E-state index contributed by atoms with van der Waals surface area (Å²) in [5.74, 6) is 1.01. The third-order valence-corrected chi connectivity index (χ3v) is 2.88. The molecule has 21 heavy (non-hydrogen) atoms. The smallest absolute Gasteiger partial charge is 0.174 e. The molecule has 5 heteroatoms. The van der Waals surface area contributed by atoms with E-state index in [1.54, 1.807) is 6.07 Å². The van der Waals surface area contributed by atoms with E-state index in [1.807, 2.05) is 13.0 Å². The Morgan fingerprint density at radius 1 is 1.29 bits per heavy atom. The van der Waals surface area contributed by atoms with Crippen LogP contribution in [0.2, 0.25) is 0 Å². The summed E-state index contributed by atoms with van der Waals surface area (Å²) in [6, 6.07) is 6.33. The lowest BCUT2D eigenvalue weighted by Gasteiger charge is -2.21. The Hall–Kier alpha value is -1.88. The van der Waals surface area contributed by atoms with E-state index >= 15 is 0 Å². The maximum absolute atomic E-state index is 13.4. The van der Waals surface area contributed by atoms with E-state index in [1.165, 1.54) is 12.1 Å². The monoisotopic (exact) mass is 292 g/mol. The number of hydrogen-bond acceptors (Lipinski definition) is 4. The van der Waals surface area contributed by atoms with E-state index in [0.29, 0.717) is 18.1 Å². The Labute approximate surface area is 124 Å². The quantitative estimate of drug-likeness (QED) is 0.915. The first kappa shape index (κ1) is 15.5. The summed E-state index contributed by atoms with van der Waals surface area (Å²) in [5, 5.41) is 7.13. The van der Waals surface area contributed by atoms with Gasteiger partial charge in [0.2, 0.25) is 0 Å². The van der Waals surface area contributed by atoms with Gasteiger partial charge in [0.1, 0.15) is 18.2 Å². The third-order valence-electron chi connectivity index (χ3n) is 2.88. The highest BCUT2D eigenvalue weighted by Crippen LogP contribution is 2.22. The topological polar surface area (TPSA) is 47.3 Å². The number of ether oxygens (including phenoxy) is 1. The fraction of sp³-hybridized carbons (Fsp3) is 0.438. The Morgan fingerprint density at radius 3 is 2.67 bits per heavy atom. The van der Waals surface area contributed by atoms with E-state index in [-0.39, 0.29) is 18.0 Å². The zero-order valence-electron chi connectivity index (χ0n) is 12.9. The van der Waals surface area contributed by atoms with Crippen LogP contribution in [0.25, 0.3) is 0 Å². The maximum atomic E-state index is 13.4. The molecule has 1 N–H and O–H groups in total. The van der Waals surface area contributed by atoms with Gasteiger partial charge < -0.3 is 14.6 Å². The molecule has 1 heterocycles. The first-order valence-electron chi connectivity index (χ1n) is 6.92. The molecule has 0 fully saturated rings. The van der Waals surface area contributed by atoms with Crippen LogP contribution in [-0.2, 0) is 13.2 Å². The minimum atomic E-state index is -0.274. The number of benzene rings is 1. The summed E-state index contributed by atoms with van der Waals surface area (Å²) in [7, 11) is 0. The summed E-state index contributed by atoms with van der Waals surface area (Å²) in [6.07, 6.45) is 0. The van der Waals surface area contributed by atoms with Gasteiger partial charge in [-0.15, -0.1) is 0 Å². The predicted molar refractivity (Wildman–Crippen MR) is 78.6 cm³/mol. The van der Waals surface area contributed by atoms with Gasteiger partial charge in [-0.25, -0.2) is 4.39 Å². The molecule has 1 aromatic carbocycles. The number of hydrogen-bond donors (Lipinski definition) is 1. The van der Waals surface area contributed by atoms with E-state index in [9.17, 15) is 4.39 Å². The number of halogens is 1. The number of aromatic nitrogens is 1. The lowest BCUT2D eigenvalue weighted by Crippen LogP contribution is -2.35. The predicted octanol–water partition coefficient (Wildman–Crippen LogP) is 3.59. The molecule has 0 aliphatic heterocycles. The molecule has 2 aromatic rings. The number of aryl methyl sites for hydroxylation is 1. The van der Waals surface area contributed by atoms with Crippen LogP contribution in [0, 0.1) is 12.7 Å². The Balaban J connectivity index is 2.07. The van der Waals surface area contributed by atoms with Gasteiger partial charge in [-0.05, 0) is 45.9 Å². The molecule has 0 saturated heterocycles. The van der Waals surface area contributed by atoms with E-state index in [0.717, 1.165) is 11.3 Å². The van der Waals surface area contributed by atoms with Crippen molar-refractivity contribution in [3.8, 4) is 5.75 Å². The number of rotatable bonds is 5. The van der Waals surface area contributed by atoms with Crippen LogP contribution < -0.4 is 10.1 Å². The van der Waals surface area contributed by atoms with Crippen molar-refractivity contribution in [2.45, 2.75) is 46.4 Å². The number of nitrogens with zero attached hydrogens (tertiary/aromatic N) is 1. The molecule has 0 saturated carbocycles. The summed E-state index contributed by atoms with van der Waals surface area (Å²) in [4.78, 5) is 0. The Kier molecular flexibility index (Phi) is 4.63. The fourth-order valence-electron chi connectivity index (χ4n) is 1.82. The average molecular weight is 292 g/mol. The van der Waals surface area contributed by atoms with Crippen molar-refractivity contribution in [2.24, 2.45) is 0 Å². The summed E-state index contributed by atoms with van der Waals surface area (Å²) < 4.78 is 24.2. The van der Waals surface area contributed by atoms with Gasteiger partial charge >= 0.3 is 0 Å². The SMILES string of the molecule is Cc1cc(COc2ccc(F)cc2CNC(C)(C)C)on1. The summed E-state index contributed by atoms with van der Waals surface area (Å²) in [6.45, 7) is 8.84. The van der Waals surface area contributed by atoms with Crippen LogP contribution in [0.3, 0.4) is 0 Å². The van der Waals surface area contributed by atoms with E-state index < -0.39 is 0 Å². The van der Waals surface area contributed by atoms with Crippen LogP contribution in [0.15, 0.2) is 28.8 Å². The molecular formula is C16H21FN2O2. The second-order valence-corrected chi connectivity index (χ2v) is 6.08. The molecule has 1 aromatic heterocycles. The third kappa shape index (κ3) is 4.86. The molecule has 114 valence electrons. The van der Waals surface area contributed by atoms with Crippen molar-refractivity contribution in [1.29, 1.82) is 0 Å². The van der Waals surface area contributed by atoms with Crippen molar-refractivity contribution in [1.82, 2.24) is 10.5 Å². The van der Waals surface area contributed by atoms with Crippen molar-refractivity contribution >= 4 is 0 Å². The van der Waals surface area contributed by atoms with Gasteiger partial charge in [0, 0.05) is 23.7 Å². The first-order valence-corrected chi connectivity index (χ1v) is 6.92. The van der Waals surface area contributed by atoms with Crippen molar-refractivity contribution in [3.63, 3.8) is 0 Å². The van der Waals surface area contributed by atoms with Crippen molar-refractivity contribution in [2.75, 3.05) is 0 Å². The molecule has 2 rings (SSSR count). The Morgan fingerprint density at radius 2 is 2.05 bits per heavy atom. The highest BCUT2D eigenvalue weighted by molar-refractivity contribution is 5.34. The highest BCUT2D eigenvalue weighted by atomic mass is 19.1. The van der Waals surface area contributed by atoms with E-state index in [2.05, 4.69) is 31.2 Å². The second-order valence-electron chi connectivity index (χ2n) is 6.08. The minimum Gasteiger partial charge on any atom is -0.485 e. The molecule has 0 spiro atoms. The molecule has 0 aliphatic carbocycles. The van der Waals surface area contributed by atoms with Crippen LogP contribution in [0.4, 0.5) is 4.39 Å². The van der Waals surface area contributed by atoms with Crippen LogP contribution in [0.5, 0.6) is 5.75 Å². The van der Waals surface area contributed by atoms with Gasteiger partial charge in [-0.1, -0.05) is 5.16 Å². The van der Waals surface area contributed by atoms with Crippen LogP contribution >= 0.6 is 0 Å². The summed E-state index contributed by atoms with van der Waals surface area (Å²) >= 11 is 0. The van der Waals surface area contributed by atoms with Crippen molar-refractivity contribution < 1.29 is 13.7 Å². The molecule has 0 amide bonds. The maximum Gasteiger partial charge on any atom is 0.174 e. The first-order chi connectivity index (χ1) is 9.83. The largest absolute Gasteiger partial charge is 0.485 e. The lowest BCUT2D eigenvalue weighted by atomic mass is 10.1. The molecular weight excluding hydrogens is 271 g/mol. The molecule has 0 radical (unpaired) electrons. The van der Waals surface area contributed by atoms with Crippen LogP contribution in [-0.4, -0.2) is 10.7 Å². The second kappa shape index (κ2) is 6.26. The molecule has 0 unspecified atom stereocenters. The molecule has 0 bridgehead atoms. The molecule has 0 atom stereocenters. The van der Waals surface area contributed by atoms with Gasteiger partial charge in [-0.2, -0.15) is 0 Å². The van der Waals surface area contributed by atoms with Crippen molar-refractivity contribution in [3.05, 3.63) is 47.1 Å². The fourth-order valence-corrected chi connectivity index (χ4v) is 1.82.